The van der Waals surface area contributed by atoms with Crippen LogP contribution in [-0.4, -0.2) is 27.6 Å². The Morgan fingerprint density at radius 3 is 2.57 bits per heavy atom. The highest BCUT2D eigenvalue weighted by Gasteiger charge is 2.23. The lowest BCUT2D eigenvalue weighted by Gasteiger charge is -2.11. The zero-order valence-electron chi connectivity index (χ0n) is 12.3. The van der Waals surface area contributed by atoms with Gasteiger partial charge in [-0.15, -0.1) is 5.10 Å². The molecule has 0 aliphatic carbocycles. The van der Waals surface area contributed by atoms with Crippen LogP contribution in [0.25, 0.3) is 0 Å². The molecular weight excluding hydrogens is 290 g/mol. The van der Waals surface area contributed by atoms with Gasteiger partial charge in [0.1, 0.15) is 0 Å². The van der Waals surface area contributed by atoms with Crippen molar-refractivity contribution in [2.24, 2.45) is 0 Å². The van der Waals surface area contributed by atoms with Gasteiger partial charge in [0.05, 0.1) is 18.8 Å². The van der Waals surface area contributed by atoms with E-state index in [4.69, 9.17) is 16.3 Å². The summed E-state index contributed by atoms with van der Waals surface area (Å²) in [5.41, 5.74) is 2.12. The van der Waals surface area contributed by atoms with E-state index in [-0.39, 0.29) is 5.92 Å². The Morgan fingerprint density at radius 2 is 2.00 bits per heavy atom. The first-order valence-corrected chi connectivity index (χ1v) is 7.25. The molecule has 0 aliphatic rings. The maximum absolute atomic E-state index is 11.9. The molecule has 0 fully saturated rings. The number of esters is 1. The van der Waals surface area contributed by atoms with E-state index >= 15 is 0 Å². The van der Waals surface area contributed by atoms with Crippen molar-refractivity contribution in [1.29, 1.82) is 0 Å². The monoisotopic (exact) mass is 307 g/mol. The lowest BCUT2D eigenvalue weighted by molar-refractivity contribution is 0.0517. The highest BCUT2D eigenvalue weighted by Crippen LogP contribution is 2.20. The summed E-state index contributed by atoms with van der Waals surface area (Å²) < 4.78 is 6.76. The number of carbonyl (C=O) groups excluding carboxylic acids is 1. The second-order valence-corrected chi connectivity index (χ2v) is 5.42. The van der Waals surface area contributed by atoms with Gasteiger partial charge in [-0.2, -0.15) is 0 Å². The predicted octanol–water partition coefficient (Wildman–Crippen LogP) is 3.28. The molecule has 0 amide bonds. The van der Waals surface area contributed by atoms with E-state index in [1.54, 1.807) is 11.6 Å². The van der Waals surface area contributed by atoms with E-state index in [0.717, 1.165) is 11.3 Å². The molecule has 0 N–H and O–H groups in total. The number of rotatable bonds is 5. The third-order valence-electron chi connectivity index (χ3n) is 3.03. The van der Waals surface area contributed by atoms with E-state index in [0.29, 0.717) is 23.9 Å². The van der Waals surface area contributed by atoms with Crippen LogP contribution in [0.2, 0.25) is 5.02 Å². The molecule has 112 valence electrons. The van der Waals surface area contributed by atoms with Crippen molar-refractivity contribution in [2.75, 3.05) is 6.61 Å². The zero-order valence-corrected chi connectivity index (χ0v) is 13.1. The average Bonchev–Trinajstić information content (AvgIpc) is 2.85. The molecule has 2 aromatic rings. The Bertz CT molecular complexity index is 620. The molecule has 0 aliphatic heterocycles. The quantitative estimate of drug-likeness (QED) is 0.795. The summed E-state index contributed by atoms with van der Waals surface area (Å²) in [4.78, 5) is 11.9. The van der Waals surface area contributed by atoms with E-state index < -0.39 is 5.97 Å². The smallest absolute Gasteiger partial charge is 0.360 e. The molecule has 0 atom stereocenters. The van der Waals surface area contributed by atoms with Crippen LogP contribution in [0.4, 0.5) is 0 Å². The average molecular weight is 308 g/mol. The van der Waals surface area contributed by atoms with Crippen molar-refractivity contribution in [3.63, 3.8) is 0 Å². The van der Waals surface area contributed by atoms with Crippen LogP contribution in [0.15, 0.2) is 24.3 Å². The fourth-order valence-electron chi connectivity index (χ4n) is 2.12. The minimum absolute atomic E-state index is 0.117. The minimum atomic E-state index is -0.427. The molecule has 0 bridgehead atoms. The Labute approximate surface area is 128 Å². The lowest BCUT2D eigenvalue weighted by Crippen LogP contribution is -2.12. The largest absolute Gasteiger partial charge is 0.461 e. The summed E-state index contributed by atoms with van der Waals surface area (Å²) >= 11 is 5.88. The van der Waals surface area contributed by atoms with Gasteiger partial charge >= 0.3 is 5.97 Å². The van der Waals surface area contributed by atoms with Gasteiger partial charge in [0.25, 0.3) is 0 Å². The Morgan fingerprint density at radius 1 is 1.33 bits per heavy atom. The summed E-state index contributed by atoms with van der Waals surface area (Å²) in [5.74, 6) is -0.310. The summed E-state index contributed by atoms with van der Waals surface area (Å²) in [6.07, 6.45) is 0. The molecule has 5 nitrogen and oxygen atoms in total. The van der Waals surface area contributed by atoms with Crippen molar-refractivity contribution in [1.82, 2.24) is 15.0 Å². The van der Waals surface area contributed by atoms with Gasteiger partial charge < -0.3 is 4.74 Å². The van der Waals surface area contributed by atoms with Gasteiger partial charge in [-0.25, -0.2) is 9.48 Å². The minimum Gasteiger partial charge on any atom is -0.461 e. The molecular formula is C15H18ClN3O2. The Balaban J connectivity index is 2.31. The highest BCUT2D eigenvalue weighted by molar-refractivity contribution is 6.30. The van der Waals surface area contributed by atoms with Gasteiger partial charge in [0.15, 0.2) is 5.69 Å². The number of benzene rings is 1. The van der Waals surface area contributed by atoms with Crippen LogP contribution in [0.5, 0.6) is 0 Å². The summed E-state index contributed by atoms with van der Waals surface area (Å²) in [5, 5.41) is 8.76. The van der Waals surface area contributed by atoms with Crippen molar-refractivity contribution in [3.8, 4) is 0 Å². The van der Waals surface area contributed by atoms with Crippen molar-refractivity contribution < 1.29 is 9.53 Å². The number of ether oxygens (including phenoxy) is 1. The van der Waals surface area contributed by atoms with Crippen molar-refractivity contribution >= 4 is 17.6 Å². The van der Waals surface area contributed by atoms with Crippen molar-refractivity contribution in [3.05, 3.63) is 46.2 Å². The first-order chi connectivity index (χ1) is 10.0. The highest BCUT2D eigenvalue weighted by atomic mass is 35.5. The lowest BCUT2D eigenvalue weighted by atomic mass is 10.1. The summed E-state index contributed by atoms with van der Waals surface area (Å²) in [7, 11) is 0. The topological polar surface area (TPSA) is 57.0 Å². The van der Waals surface area contributed by atoms with Crippen LogP contribution in [-0.2, 0) is 11.3 Å². The summed E-state index contributed by atoms with van der Waals surface area (Å²) in [6, 6.07) is 7.51. The third kappa shape index (κ3) is 3.61. The first-order valence-electron chi connectivity index (χ1n) is 6.87. The molecule has 6 heteroatoms. The van der Waals surface area contributed by atoms with E-state index in [9.17, 15) is 4.79 Å². The molecule has 21 heavy (non-hydrogen) atoms. The molecule has 1 aromatic carbocycles. The molecule has 0 saturated carbocycles. The van der Waals surface area contributed by atoms with Gasteiger partial charge in [-0.05, 0) is 30.5 Å². The molecule has 0 saturated heterocycles. The van der Waals surface area contributed by atoms with Crippen molar-refractivity contribution in [2.45, 2.75) is 33.2 Å². The van der Waals surface area contributed by atoms with Gasteiger partial charge in [0, 0.05) is 5.02 Å². The van der Waals surface area contributed by atoms with Gasteiger partial charge in [-0.3, -0.25) is 0 Å². The van der Waals surface area contributed by atoms with E-state index in [1.807, 2.05) is 38.1 Å². The fraction of sp³-hybridized carbons (Fsp3) is 0.400. The van der Waals surface area contributed by atoms with Crippen LogP contribution in [0.1, 0.15) is 48.4 Å². The van der Waals surface area contributed by atoms with Crippen LogP contribution in [0.3, 0.4) is 0 Å². The molecule has 1 aromatic heterocycles. The van der Waals surface area contributed by atoms with Crippen LogP contribution in [0, 0.1) is 0 Å². The third-order valence-corrected chi connectivity index (χ3v) is 3.29. The van der Waals surface area contributed by atoms with Gasteiger partial charge in [-0.1, -0.05) is 42.8 Å². The van der Waals surface area contributed by atoms with Crippen LogP contribution < -0.4 is 0 Å². The first kappa shape index (κ1) is 15.5. The molecule has 2 rings (SSSR count). The molecule has 1 heterocycles. The number of carbonyl (C=O) groups is 1. The second-order valence-electron chi connectivity index (χ2n) is 4.98. The maximum atomic E-state index is 11.9. The molecule has 0 unspecified atom stereocenters. The normalized spacial score (nSPS) is 10.9. The molecule has 0 spiro atoms. The number of hydrogen-bond acceptors (Lipinski definition) is 4. The van der Waals surface area contributed by atoms with E-state index in [2.05, 4.69) is 10.3 Å². The summed E-state index contributed by atoms with van der Waals surface area (Å²) in [6.45, 7) is 6.63. The SMILES string of the molecule is CCOC(=O)c1nnn(Cc2ccc(Cl)cc2)c1C(C)C. The van der Waals surface area contributed by atoms with E-state index in [1.165, 1.54) is 0 Å². The standard InChI is InChI=1S/C15H18ClN3O2/c1-4-21-15(20)13-14(10(2)3)19(18-17-13)9-11-5-7-12(16)8-6-11/h5-8,10H,4,9H2,1-3H3. The Kier molecular flexibility index (Phi) is 4.96. The van der Waals surface area contributed by atoms with Gasteiger partial charge in [0.2, 0.25) is 0 Å². The zero-order chi connectivity index (χ0) is 15.4. The Hall–Kier alpha value is -1.88. The maximum Gasteiger partial charge on any atom is 0.360 e. The fourth-order valence-corrected chi connectivity index (χ4v) is 2.24. The second kappa shape index (κ2) is 6.72. The number of aromatic nitrogens is 3. The number of halogens is 1. The predicted molar refractivity (Wildman–Crippen MR) is 80.6 cm³/mol. The molecule has 0 radical (unpaired) electrons. The number of hydrogen-bond donors (Lipinski definition) is 0. The van der Waals surface area contributed by atoms with Crippen LogP contribution >= 0.6 is 11.6 Å². The number of nitrogens with zero attached hydrogens (tertiary/aromatic N) is 3.